The highest BCUT2D eigenvalue weighted by atomic mass is 28.4. The molecule has 0 saturated carbocycles. The Morgan fingerprint density at radius 3 is 0.822 bits per heavy atom. The van der Waals surface area contributed by atoms with Crippen molar-refractivity contribution in [1.29, 1.82) is 0 Å². The van der Waals surface area contributed by atoms with Gasteiger partial charge in [0.05, 0.1) is 48.8 Å². The molecule has 15 nitrogen and oxygen atoms in total. The molecule has 14 rings (SSSR count). The first-order chi connectivity index (χ1) is 56.6. The van der Waals surface area contributed by atoms with Gasteiger partial charge in [0.2, 0.25) is 0 Å². The summed E-state index contributed by atoms with van der Waals surface area (Å²) in [6, 6.07) is 85.8. The third-order valence-electron chi connectivity index (χ3n) is 25.7. The van der Waals surface area contributed by atoms with Gasteiger partial charge in [0.25, 0.3) is 33.3 Å². The molecule has 6 fully saturated rings. The van der Waals surface area contributed by atoms with Gasteiger partial charge in [0, 0.05) is 40.1 Å². The number of benzene rings is 8. The lowest BCUT2D eigenvalue weighted by molar-refractivity contribution is -0.255. The second-order valence-corrected chi connectivity index (χ2v) is 54.1. The summed E-state index contributed by atoms with van der Waals surface area (Å²) < 4.78 is 87.9. The molecule has 6 aliphatic rings. The van der Waals surface area contributed by atoms with E-state index in [4.69, 9.17) is 55.6 Å². The Kier molecular flexibility index (Phi) is 28.5. The average Bonchev–Trinajstić information content (AvgIpc) is 1.48. The first kappa shape index (κ1) is 88.8. The van der Waals surface area contributed by atoms with Crippen LogP contribution in [0, 0.1) is 0 Å². The van der Waals surface area contributed by atoms with E-state index in [0.29, 0.717) is 38.5 Å². The Morgan fingerprint density at radius 1 is 0.364 bits per heavy atom. The predicted octanol–water partition coefficient (Wildman–Crippen LogP) is 14.3. The van der Waals surface area contributed by atoms with Gasteiger partial charge in [-0.2, -0.15) is 0 Å². The molecule has 0 spiro atoms. The van der Waals surface area contributed by atoms with Gasteiger partial charge in [-0.05, 0) is 100 Å². The Balaban J connectivity index is 0.000000205. The maximum absolute atomic E-state index is 11.8. The number of aliphatic carboxylic acids is 1. The SMILES string of the molecule is C=CC(C[C@H]1O[C@H]2[C@@H](O[Si](c3ccccc3)(c3ccccc3)C(C)(C)C)[C@H]3O[C@@H](CCC(=O)O)CC[C@@H]3O[C@H]2[C@H]1O[Si](c1ccccc1)(c1ccccc1)C(C)(C)C)OC.C=CC(C[C@H]1O[C@H]2[C@@H](O[Si](c3ccccc3)(c3ccccc3)C(C)(C)C)[C@H]3O[C@@H](CCO)CC[C@@H]3O[C@H]2[C@H]1O[Si](c1ccccc1)(c1ccccc1)C(C)(C)C)OC. The molecule has 118 heavy (non-hydrogen) atoms. The number of aliphatic hydroxyl groups is 1. The van der Waals surface area contributed by atoms with E-state index in [1.54, 1.807) is 14.2 Å². The fourth-order valence-corrected chi connectivity index (χ4v) is 39.0. The minimum atomic E-state index is -3.19. The number of rotatable bonds is 29. The van der Waals surface area contributed by atoms with Crippen molar-refractivity contribution in [3.63, 3.8) is 0 Å². The first-order valence-corrected chi connectivity index (χ1v) is 50.5. The molecule has 0 bridgehead atoms. The second-order valence-electron chi connectivity index (χ2n) is 37.1. The van der Waals surface area contributed by atoms with Crippen LogP contribution >= 0.6 is 0 Å². The highest BCUT2D eigenvalue weighted by Crippen LogP contribution is 2.52. The topological polar surface area (TPSA) is 168 Å². The summed E-state index contributed by atoms with van der Waals surface area (Å²) in [6.07, 6.45) is 1.25. The van der Waals surface area contributed by atoms with Crippen LogP contribution in [0.2, 0.25) is 20.2 Å². The molecule has 8 aromatic carbocycles. The van der Waals surface area contributed by atoms with Gasteiger partial charge in [-0.25, -0.2) is 0 Å². The summed E-state index contributed by atoms with van der Waals surface area (Å²) in [5.41, 5.74) is 0. The van der Waals surface area contributed by atoms with Gasteiger partial charge < -0.3 is 65.8 Å². The molecule has 0 aliphatic carbocycles. The normalized spacial score (nSPS) is 26.7. The molecule has 2 N–H and O–H groups in total. The summed E-state index contributed by atoms with van der Waals surface area (Å²) >= 11 is 0. The number of carbonyl (C=O) groups is 1. The number of carboxylic acids is 1. The van der Waals surface area contributed by atoms with Crippen molar-refractivity contribution in [2.24, 2.45) is 0 Å². The molecule has 6 heterocycles. The van der Waals surface area contributed by atoms with Crippen LogP contribution in [0.5, 0.6) is 0 Å². The van der Waals surface area contributed by atoms with E-state index < -0.39 is 112 Å². The minimum absolute atomic E-state index is 0.0299. The maximum Gasteiger partial charge on any atom is 0.303 e. The van der Waals surface area contributed by atoms with Crippen molar-refractivity contribution in [2.45, 2.75) is 271 Å². The smallest absolute Gasteiger partial charge is 0.303 e. The summed E-state index contributed by atoms with van der Waals surface area (Å²) in [4.78, 5) is 11.8. The highest BCUT2D eigenvalue weighted by molar-refractivity contribution is 7.01. The van der Waals surface area contributed by atoms with E-state index in [2.05, 4.69) is 339 Å². The predicted molar refractivity (Wildman–Crippen MR) is 480 cm³/mol. The molecular weight excluding hydrogens is 1540 g/mol. The Hall–Kier alpha value is -6.94. The van der Waals surface area contributed by atoms with Gasteiger partial charge in [-0.3, -0.25) is 4.79 Å². The van der Waals surface area contributed by atoms with Crippen LogP contribution in [0.1, 0.15) is 141 Å². The summed E-state index contributed by atoms with van der Waals surface area (Å²) in [7, 11) is -9.10. The molecule has 19 heteroatoms. The molecule has 0 amide bonds. The molecule has 2 unspecified atom stereocenters. The van der Waals surface area contributed by atoms with Crippen molar-refractivity contribution >= 4 is 80.7 Å². The largest absolute Gasteiger partial charge is 0.481 e. The van der Waals surface area contributed by atoms with Crippen LogP contribution in [-0.4, -0.2) is 180 Å². The molecular formula is C99H128O15Si4. The number of carboxylic acid groups (broad SMARTS) is 1. The van der Waals surface area contributed by atoms with Crippen LogP contribution in [0.25, 0.3) is 0 Å². The summed E-state index contributed by atoms with van der Waals surface area (Å²) in [6.45, 7) is 35.9. The number of hydrogen-bond donors (Lipinski definition) is 2. The maximum atomic E-state index is 11.8. The first-order valence-electron chi connectivity index (χ1n) is 42.8. The molecule has 0 aromatic heterocycles. The van der Waals surface area contributed by atoms with Crippen LogP contribution in [0.3, 0.4) is 0 Å². The molecule has 0 radical (unpaired) electrons. The number of aliphatic hydroxyl groups excluding tert-OH is 1. The Bertz CT molecular complexity index is 4320. The standard InChI is InChI=1S/C50H64O8Si2.C49H64O7Si2/c1-9-35(53-8)34-42-45(57-59(49(2,3)4,37-22-14-10-15-23-37)38-24-16-11-17-25-38)46-47(56-42)48(44-41(55-46)32-30-36(54-44)31-33-43(51)52)58-60(50(5,6)7,39-26-18-12-19-27-39)40-28-20-13-21-29-40;1-9-35(51-8)34-42-44(55-57(48(2,3)4,37-22-14-10-15-23-37)38-24-16-11-17-25-38)45-46(54-42)47(43-41(53-45)31-30-36(52-43)32-33-50)56-58(49(5,6)7,39-26-18-12-19-27-39)40-28-20-13-21-29-40/h9-29,35-36,41-42,44-48H,1,30-34H2,2-8H3,(H,51,52);9-29,35-36,41-47,50H,1,30-34H2,2-8H3/t35?,36-,41+,42-,44+,45+,46+,47-,48+;35?,36-,41+,42-,43+,44+,45+,46-,47+/m11/s1. The molecule has 8 aromatic rings. The lowest BCUT2D eigenvalue weighted by Gasteiger charge is -2.53. The third-order valence-corrected chi connectivity index (χ3v) is 45.9. The second kappa shape index (κ2) is 37.8. The van der Waals surface area contributed by atoms with Gasteiger partial charge in [-0.1, -0.05) is 338 Å². The summed E-state index contributed by atoms with van der Waals surface area (Å²) in [5.74, 6) is -0.832. The van der Waals surface area contributed by atoms with E-state index in [-0.39, 0.29) is 69.8 Å². The van der Waals surface area contributed by atoms with Gasteiger partial charge >= 0.3 is 5.97 Å². The van der Waals surface area contributed by atoms with Crippen molar-refractivity contribution in [3.8, 4) is 0 Å². The number of hydrogen-bond acceptors (Lipinski definition) is 14. The van der Waals surface area contributed by atoms with Crippen LogP contribution < -0.4 is 41.5 Å². The van der Waals surface area contributed by atoms with Crippen molar-refractivity contribution < 1.29 is 70.6 Å². The lowest BCUT2D eigenvalue weighted by Crippen LogP contribution is -2.73. The molecule has 6 aliphatic heterocycles. The quantitative estimate of drug-likeness (QED) is 0.0335. The fraction of sp³-hybridized carbons (Fsp3) is 0.465. The monoisotopic (exact) mass is 1670 g/mol. The average molecular weight is 1670 g/mol. The molecule has 630 valence electrons. The Labute approximate surface area is 706 Å². The van der Waals surface area contributed by atoms with Gasteiger partial charge in [-0.15, -0.1) is 13.2 Å². The summed E-state index contributed by atoms with van der Waals surface area (Å²) in [5, 5.41) is 28.0. The van der Waals surface area contributed by atoms with Crippen LogP contribution in [0.4, 0.5) is 0 Å². The Morgan fingerprint density at radius 2 is 0.602 bits per heavy atom. The van der Waals surface area contributed by atoms with Crippen molar-refractivity contribution in [3.05, 3.63) is 268 Å². The number of methoxy groups -OCH3 is 2. The van der Waals surface area contributed by atoms with Gasteiger partial charge in [0.1, 0.15) is 61.0 Å². The molecule has 18 atom stereocenters. The van der Waals surface area contributed by atoms with E-state index in [1.807, 2.05) is 12.2 Å². The zero-order valence-corrected chi connectivity index (χ0v) is 75.8. The van der Waals surface area contributed by atoms with Gasteiger partial charge in [0.15, 0.2) is 0 Å². The number of ether oxygens (including phenoxy) is 8. The van der Waals surface area contributed by atoms with Crippen molar-refractivity contribution in [2.75, 3.05) is 20.8 Å². The van der Waals surface area contributed by atoms with E-state index in [1.165, 1.54) is 31.1 Å². The van der Waals surface area contributed by atoms with E-state index >= 15 is 0 Å². The van der Waals surface area contributed by atoms with Crippen molar-refractivity contribution in [1.82, 2.24) is 0 Å². The third kappa shape index (κ3) is 17.9. The van der Waals surface area contributed by atoms with E-state index in [9.17, 15) is 15.0 Å². The van der Waals surface area contributed by atoms with Crippen LogP contribution in [0.15, 0.2) is 268 Å². The fourth-order valence-electron chi connectivity index (χ4n) is 20.2. The zero-order chi connectivity index (χ0) is 83.8. The highest BCUT2D eigenvalue weighted by Gasteiger charge is 2.68. The van der Waals surface area contributed by atoms with E-state index in [0.717, 1.165) is 23.2 Å². The minimum Gasteiger partial charge on any atom is -0.481 e. The number of fused-ring (bicyclic) bond motifs is 4. The zero-order valence-electron chi connectivity index (χ0n) is 71.8. The lowest BCUT2D eigenvalue weighted by atomic mass is 9.87. The van der Waals surface area contributed by atoms with Crippen LogP contribution in [-0.2, 0) is 60.4 Å². The molecule has 6 saturated heterocycles.